The number of anilines is 4. The second-order valence-corrected chi connectivity index (χ2v) is 5.18. The number of nitriles is 2. The second kappa shape index (κ2) is 7.25. The molecular weight excluding hydrogens is 346 g/mol. The lowest BCUT2D eigenvalue weighted by atomic mass is 10.3. The van der Waals surface area contributed by atoms with Gasteiger partial charge in [0.1, 0.15) is 25.1 Å². The Morgan fingerprint density at radius 3 is 2.59 bits per heavy atom. The minimum Gasteiger partial charge on any atom is -0.393 e. The Labute approximate surface area is 136 Å². The highest BCUT2D eigenvalue weighted by Gasteiger charge is 2.15. The van der Waals surface area contributed by atoms with Crippen LogP contribution < -0.4 is 16.0 Å². The summed E-state index contributed by atoms with van der Waals surface area (Å²) in [7, 11) is 0. The minimum atomic E-state index is 0.0189. The molecule has 0 aliphatic heterocycles. The molecule has 0 unspecified atom stereocenters. The fraction of sp³-hybridized carbons (Fsp3) is 0.143. The molecule has 2 aromatic rings. The first-order valence-corrected chi connectivity index (χ1v) is 7.07. The summed E-state index contributed by atoms with van der Waals surface area (Å²) in [5.74, 6) is 0.777. The van der Waals surface area contributed by atoms with Gasteiger partial charge in [-0.05, 0) is 18.2 Å². The second-order valence-electron chi connectivity index (χ2n) is 4.27. The number of nitrogen functional groups attached to an aromatic ring is 1. The Hall–Kier alpha value is -2.84. The quantitative estimate of drug-likeness (QED) is 0.789. The molecule has 0 radical (unpaired) electrons. The SMILES string of the molecule is N#CCN(CC#N)c1ncnc(Nc2cccc(Br)c2)c1N. The number of nitrogens with zero attached hydrogens (tertiary/aromatic N) is 5. The summed E-state index contributed by atoms with van der Waals surface area (Å²) < 4.78 is 0.918. The first kappa shape index (κ1) is 15.5. The fourth-order valence-electron chi connectivity index (χ4n) is 1.82. The van der Waals surface area contributed by atoms with Crippen LogP contribution in [0.15, 0.2) is 35.1 Å². The van der Waals surface area contributed by atoms with E-state index in [-0.39, 0.29) is 18.8 Å². The lowest BCUT2D eigenvalue weighted by Gasteiger charge is -2.20. The standard InChI is InChI=1S/C14H12BrN7/c15-10-2-1-3-11(8-10)21-13-12(18)14(20-9-19-13)22(6-4-16)7-5-17/h1-3,8-9H,6-7,18H2,(H,19,20,21). The third kappa shape index (κ3) is 3.62. The molecule has 7 nitrogen and oxygen atoms in total. The smallest absolute Gasteiger partial charge is 0.159 e. The molecule has 0 saturated carbocycles. The van der Waals surface area contributed by atoms with Crippen molar-refractivity contribution >= 4 is 38.9 Å². The van der Waals surface area contributed by atoms with Crippen molar-refractivity contribution < 1.29 is 0 Å². The van der Waals surface area contributed by atoms with E-state index >= 15 is 0 Å². The number of nitrogens with two attached hydrogens (primary N) is 1. The largest absolute Gasteiger partial charge is 0.393 e. The molecule has 0 saturated heterocycles. The molecule has 0 amide bonds. The van der Waals surface area contributed by atoms with Crippen molar-refractivity contribution in [3.8, 4) is 12.1 Å². The number of hydrogen-bond donors (Lipinski definition) is 2. The van der Waals surface area contributed by atoms with Crippen LogP contribution in [0.25, 0.3) is 0 Å². The third-order valence-electron chi connectivity index (χ3n) is 2.77. The molecule has 22 heavy (non-hydrogen) atoms. The van der Waals surface area contributed by atoms with E-state index in [4.69, 9.17) is 16.3 Å². The fourth-order valence-corrected chi connectivity index (χ4v) is 2.22. The van der Waals surface area contributed by atoms with Gasteiger partial charge in [-0.25, -0.2) is 9.97 Å². The highest BCUT2D eigenvalue weighted by atomic mass is 79.9. The van der Waals surface area contributed by atoms with Crippen LogP contribution in [0, 0.1) is 22.7 Å². The van der Waals surface area contributed by atoms with Crippen LogP contribution >= 0.6 is 15.9 Å². The van der Waals surface area contributed by atoms with E-state index in [1.54, 1.807) is 0 Å². The van der Waals surface area contributed by atoms with E-state index in [0.29, 0.717) is 11.6 Å². The maximum atomic E-state index is 8.84. The molecule has 8 heteroatoms. The van der Waals surface area contributed by atoms with Crippen LogP contribution in [0.5, 0.6) is 0 Å². The monoisotopic (exact) mass is 357 g/mol. The van der Waals surface area contributed by atoms with E-state index in [0.717, 1.165) is 10.2 Å². The van der Waals surface area contributed by atoms with Crippen molar-refractivity contribution in [3.63, 3.8) is 0 Å². The first-order valence-electron chi connectivity index (χ1n) is 6.27. The Morgan fingerprint density at radius 2 is 1.95 bits per heavy atom. The minimum absolute atomic E-state index is 0.0189. The Morgan fingerprint density at radius 1 is 1.23 bits per heavy atom. The molecule has 1 aromatic heterocycles. The number of aromatic nitrogens is 2. The van der Waals surface area contributed by atoms with Gasteiger partial charge >= 0.3 is 0 Å². The molecule has 2 rings (SSSR count). The average molecular weight is 358 g/mol. The topological polar surface area (TPSA) is 115 Å². The molecular formula is C14H12BrN7. The van der Waals surface area contributed by atoms with E-state index in [2.05, 4.69) is 31.2 Å². The lowest BCUT2D eigenvalue weighted by molar-refractivity contribution is 0.930. The molecule has 110 valence electrons. The average Bonchev–Trinajstić information content (AvgIpc) is 2.49. The Bertz CT molecular complexity index is 732. The zero-order valence-corrected chi connectivity index (χ0v) is 13.1. The van der Waals surface area contributed by atoms with Crippen LogP contribution in [-0.2, 0) is 0 Å². The summed E-state index contributed by atoms with van der Waals surface area (Å²) in [6.07, 6.45) is 1.34. The predicted molar refractivity (Wildman–Crippen MR) is 87.3 cm³/mol. The number of benzene rings is 1. The van der Waals surface area contributed by atoms with Gasteiger partial charge in [-0.15, -0.1) is 0 Å². The van der Waals surface area contributed by atoms with Crippen molar-refractivity contribution in [2.75, 3.05) is 29.0 Å². The molecule has 1 aromatic carbocycles. The normalized spacial score (nSPS) is 9.59. The van der Waals surface area contributed by atoms with Gasteiger partial charge < -0.3 is 16.0 Å². The summed E-state index contributed by atoms with van der Waals surface area (Å²) in [6, 6.07) is 11.5. The molecule has 3 N–H and O–H groups in total. The van der Waals surface area contributed by atoms with Gasteiger partial charge in [-0.3, -0.25) is 0 Å². The summed E-state index contributed by atoms with van der Waals surface area (Å²) in [5.41, 5.74) is 7.16. The van der Waals surface area contributed by atoms with E-state index in [9.17, 15) is 0 Å². The van der Waals surface area contributed by atoms with Crippen molar-refractivity contribution in [3.05, 3.63) is 35.1 Å². The highest BCUT2D eigenvalue weighted by molar-refractivity contribution is 9.10. The van der Waals surface area contributed by atoms with Crippen molar-refractivity contribution in [1.29, 1.82) is 10.5 Å². The molecule has 0 spiro atoms. The van der Waals surface area contributed by atoms with Crippen molar-refractivity contribution in [2.24, 2.45) is 0 Å². The van der Waals surface area contributed by atoms with Gasteiger partial charge in [0.2, 0.25) is 0 Å². The van der Waals surface area contributed by atoms with Gasteiger partial charge in [0.15, 0.2) is 11.6 Å². The van der Waals surface area contributed by atoms with E-state index in [1.807, 2.05) is 36.4 Å². The van der Waals surface area contributed by atoms with Gasteiger partial charge in [0.25, 0.3) is 0 Å². The van der Waals surface area contributed by atoms with Crippen molar-refractivity contribution in [2.45, 2.75) is 0 Å². The molecule has 0 bridgehead atoms. The summed E-state index contributed by atoms with van der Waals surface area (Å²) in [5, 5.41) is 20.8. The molecule has 0 aliphatic rings. The summed E-state index contributed by atoms with van der Waals surface area (Å²) in [6.45, 7) is 0.0379. The molecule has 0 fully saturated rings. The summed E-state index contributed by atoms with van der Waals surface area (Å²) in [4.78, 5) is 9.67. The predicted octanol–water partition coefficient (Wildman–Crippen LogP) is 2.42. The first-order chi connectivity index (χ1) is 10.7. The van der Waals surface area contributed by atoms with E-state index < -0.39 is 0 Å². The van der Waals surface area contributed by atoms with Crippen LogP contribution in [-0.4, -0.2) is 23.1 Å². The van der Waals surface area contributed by atoms with Crippen LogP contribution in [0.4, 0.5) is 23.0 Å². The number of rotatable bonds is 5. The van der Waals surface area contributed by atoms with E-state index in [1.165, 1.54) is 11.2 Å². The number of hydrogen-bond acceptors (Lipinski definition) is 7. The Kier molecular flexibility index (Phi) is 5.12. The van der Waals surface area contributed by atoms with Gasteiger partial charge in [-0.2, -0.15) is 10.5 Å². The van der Waals surface area contributed by atoms with Crippen LogP contribution in [0.1, 0.15) is 0 Å². The Balaban J connectivity index is 2.33. The zero-order chi connectivity index (χ0) is 15.9. The third-order valence-corrected chi connectivity index (χ3v) is 3.27. The molecule has 1 heterocycles. The van der Waals surface area contributed by atoms with Crippen LogP contribution in [0.2, 0.25) is 0 Å². The van der Waals surface area contributed by atoms with Gasteiger partial charge in [-0.1, -0.05) is 22.0 Å². The lowest BCUT2D eigenvalue weighted by Crippen LogP contribution is -2.26. The van der Waals surface area contributed by atoms with Gasteiger partial charge in [0, 0.05) is 10.2 Å². The van der Waals surface area contributed by atoms with Crippen LogP contribution in [0.3, 0.4) is 0 Å². The zero-order valence-electron chi connectivity index (χ0n) is 11.5. The molecule has 0 atom stereocenters. The highest BCUT2D eigenvalue weighted by Crippen LogP contribution is 2.28. The molecule has 0 aliphatic carbocycles. The van der Waals surface area contributed by atoms with Crippen molar-refractivity contribution in [1.82, 2.24) is 9.97 Å². The maximum Gasteiger partial charge on any atom is 0.159 e. The maximum absolute atomic E-state index is 8.84. The number of halogens is 1. The van der Waals surface area contributed by atoms with Gasteiger partial charge in [0.05, 0.1) is 12.1 Å². The number of nitrogens with one attached hydrogen (secondary N) is 1. The summed E-state index contributed by atoms with van der Waals surface area (Å²) >= 11 is 3.39.